The smallest absolute Gasteiger partial charge is 0.189 e. The summed E-state index contributed by atoms with van der Waals surface area (Å²) in [6.45, 7) is 4.76. The SMILES string of the molecule is C=CCn1cc(CN=C(N)NC2CCC2)nn1. The normalized spacial score (nSPS) is 16.6. The average molecular weight is 234 g/mol. The summed E-state index contributed by atoms with van der Waals surface area (Å²) in [5.41, 5.74) is 6.58. The maximum absolute atomic E-state index is 5.77. The van der Waals surface area contributed by atoms with E-state index in [2.05, 4.69) is 27.2 Å². The highest BCUT2D eigenvalue weighted by Crippen LogP contribution is 2.17. The minimum Gasteiger partial charge on any atom is -0.370 e. The predicted octanol–water partition coefficient (Wildman–Crippen LogP) is 0.421. The van der Waals surface area contributed by atoms with E-state index < -0.39 is 0 Å². The van der Waals surface area contributed by atoms with Crippen LogP contribution >= 0.6 is 0 Å². The van der Waals surface area contributed by atoms with Crippen molar-refractivity contribution >= 4 is 5.96 Å². The van der Waals surface area contributed by atoms with Crippen molar-refractivity contribution in [2.45, 2.75) is 38.4 Å². The molecule has 92 valence electrons. The van der Waals surface area contributed by atoms with E-state index in [1.165, 1.54) is 19.3 Å². The van der Waals surface area contributed by atoms with E-state index in [0.29, 0.717) is 25.1 Å². The molecule has 1 aliphatic carbocycles. The van der Waals surface area contributed by atoms with Crippen LogP contribution in [0.2, 0.25) is 0 Å². The van der Waals surface area contributed by atoms with Crippen molar-refractivity contribution in [1.82, 2.24) is 20.3 Å². The highest BCUT2D eigenvalue weighted by atomic mass is 15.4. The van der Waals surface area contributed by atoms with Crippen LogP contribution in [0.15, 0.2) is 23.8 Å². The Labute approximate surface area is 101 Å². The number of hydrogen-bond acceptors (Lipinski definition) is 3. The van der Waals surface area contributed by atoms with Crippen LogP contribution in [0.1, 0.15) is 25.0 Å². The Kier molecular flexibility index (Phi) is 3.74. The summed E-state index contributed by atoms with van der Waals surface area (Å²) < 4.78 is 1.72. The minimum atomic E-state index is 0.461. The molecule has 6 nitrogen and oxygen atoms in total. The Bertz CT molecular complexity index is 404. The summed E-state index contributed by atoms with van der Waals surface area (Å²) in [7, 11) is 0. The third-order valence-corrected chi connectivity index (χ3v) is 2.77. The van der Waals surface area contributed by atoms with Crippen molar-refractivity contribution < 1.29 is 0 Å². The number of aliphatic imine (C=N–C) groups is 1. The molecule has 3 N–H and O–H groups in total. The number of nitrogens with one attached hydrogen (secondary N) is 1. The fraction of sp³-hybridized carbons (Fsp3) is 0.545. The summed E-state index contributed by atoms with van der Waals surface area (Å²) in [5, 5.41) is 11.1. The third kappa shape index (κ3) is 3.30. The van der Waals surface area contributed by atoms with Crippen molar-refractivity contribution in [3.8, 4) is 0 Å². The van der Waals surface area contributed by atoms with Crippen molar-refractivity contribution in [2.75, 3.05) is 0 Å². The first-order valence-corrected chi connectivity index (χ1v) is 5.84. The van der Waals surface area contributed by atoms with Crippen molar-refractivity contribution in [2.24, 2.45) is 10.7 Å². The first-order chi connectivity index (χ1) is 8.28. The molecule has 0 amide bonds. The summed E-state index contributed by atoms with van der Waals surface area (Å²) in [5.74, 6) is 0.493. The lowest BCUT2D eigenvalue weighted by Crippen LogP contribution is -2.43. The molecule has 0 spiro atoms. The van der Waals surface area contributed by atoms with E-state index in [1.54, 1.807) is 10.8 Å². The number of aromatic nitrogens is 3. The van der Waals surface area contributed by atoms with Gasteiger partial charge in [-0.1, -0.05) is 11.3 Å². The summed E-state index contributed by atoms with van der Waals surface area (Å²) in [6, 6.07) is 0.509. The predicted molar refractivity (Wildman–Crippen MR) is 66.3 cm³/mol. The maximum Gasteiger partial charge on any atom is 0.189 e. The van der Waals surface area contributed by atoms with Crippen molar-refractivity contribution in [3.05, 3.63) is 24.5 Å². The Morgan fingerprint density at radius 3 is 3.18 bits per heavy atom. The number of guanidine groups is 1. The molecule has 6 heteroatoms. The summed E-state index contributed by atoms with van der Waals surface area (Å²) in [4.78, 5) is 4.23. The van der Waals surface area contributed by atoms with Gasteiger partial charge in [0.15, 0.2) is 5.96 Å². The molecule has 1 aliphatic rings. The van der Waals surface area contributed by atoms with Gasteiger partial charge in [-0.3, -0.25) is 0 Å². The molecule has 0 unspecified atom stereocenters. The largest absolute Gasteiger partial charge is 0.370 e. The van der Waals surface area contributed by atoms with Crippen LogP contribution < -0.4 is 11.1 Å². The molecule has 1 aromatic rings. The van der Waals surface area contributed by atoms with Gasteiger partial charge in [-0.2, -0.15) is 0 Å². The molecule has 2 rings (SSSR count). The molecule has 0 bridgehead atoms. The topological polar surface area (TPSA) is 81.1 Å². The summed E-state index contributed by atoms with van der Waals surface area (Å²) >= 11 is 0. The van der Waals surface area contributed by atoms with Gasteiger partial charge in [-0.25, -0.2) is 9.67 Å². The zero-order chi connectivity index (χ0) is 12.1. The molecular formula is C11H18N6. The van der Waals surface area contributed by atoms with Crippen LogP contribution in [-0.2, 0) is 13.1 Å². The second kappa shape index (κ2) is 5.47. The van der Waals surface area contributed by atoms with E-state index in [1.807, 2.05) is 6.20 Å². The van der Waals surface area contributed by atoms with Gasteiger partial charge in [0.2, 0.25) is 0 Å². The highest BCUT2D eigenvalue weighted by molar-refractivity contribution is 5.78. The Balaban J connectivity index is 1.82. The number of nitrogens with zero attached hydrogens (tertiary/aromatic N) is 4. The molecular weight excluding hydrogens is 216 g/mol. The Morgan fingerprint density at radius 2 is 2.53 bits per heavy atom. The molecule has 0 aromatic carbocycles. The fourth-order valence-corrected chi connectivity index (χ4v) is 1.61. The van der Waals surface area contributed by atoms with Crippen LogP contribution in [0.3, 0.4) is 0 Å². The Morgan fingerprint density at radius 1 is 1.71 bits per heavy atom. The first kappa shape index (κ1) is 11.6. The van der Waals surface area contributed by atoms with Gasteiger partial charge < -0.3 is 11.1 Å². The minimum absolute atomic E-state index is 0.461. The lowest BCUT2D eigenvalue weighted by Gasteiger charge is -2.26. The van der Waals surface area contributed by atoms with Crippen LogP contribution in [0.4, 0.5) is 0 Å². The van der Waals surface area contributed by atoms with Crippen LogP contribution in [0.5, 0.6) is 0 Å². The van der Waals surface area contributed by atoms with Gasteiger partial charge in [-0.15, -0.1) is 11.7 Å². The van der Waals surface area contributed by atoms with Crippen molar-refractivity contribution in [1.29, 1.82) is 0 Å². The highest BCUT2D eigenvalue weighted by Gasteiger charge is 2.17. The third-order valence-electron chi connectivity index (χ3n) is 2.77. The van der Waals surface area contributed by atoms with E-state index >= 15 is 0 Å². The van der Waals surface area contributed by atoms with Crippen LogP contribution in [-0.4, -0.2) is 27.0 Å². The monoisotopic (exact) mass is 234 g/mol. The molecule has 1 aromatic heterocycles. The van der Waals surface area contributed by atoms with E-state index in [4.69, 9.17) is 5.73 Å². The van der Waals surface area contributed by atoms with Crippen molar-refractivity contribution in [3.63, 3.8) is 0 Å². The lowest BCUT2D eigenvalue weighted by molar-refractivity contribution is 0.382. The summed E-state index contributed by atoms with van der Waals surface area (Å²) in [6.07, 6.45) is 7.27. The van der Waals surface area contributed by atoms with Gasteiger partial charge in [0, 0.05) is 6.04 Å². The van der Waals surface area contributed by atoms with Gasteiger partial charge in [-0.05, 0) is 19.3 Å². The molecule has 17 heavy (non-hydrogen) atoms. The average Bonchev–Trinajstić information content (AvgIpc) is 2.69. The molecule has 0 atom stereocenters. The molecule has 1 heterocycles. The molecule has 0 saturated heterocycles. The van der Waals surface area contributed by atoms with Gasteiger partial charge >= 0.3 is 0 Å². The molecule has 1 fully saturated rings. The maximum atomic E-state index is 5.77. The standard InChI is InChI=1S/C11H18N6/c1-2-6-17-8-10(15-16-17)7-13-11(12)14-9-4-3-5-9/h2,8-9H,1,3-7H2,(H3,12,13,14). The fourth-order valence-electron chi connectivity index (χ4n) is 1.61. The number of allylic oxidation sites excluding steroid dienone is 1. The second-order valence-corrected chi connectivity index (χ2v) is 4.19. The van der Waals surface area contributed by atoms with E-state index in [-0.39, 0.29) is 0 Å². The number of nitrogens with two attached hydrogens (primary N) is 1. The lowest BCUT2D eigenvalue weighted by atomic mass is 9.93. The Hall–Kier alpha value is -1.85. The second-order valence-electron chi connectivity index (χ2n) is 4.19. The van der Waals surface area contributed by atoms with Gasteiger partial charge in [0.25, 0.3) is 0 Å². The van der Waals surface area contributed by atoms with Gasteiger partial charge in [0.05, 0.1) is 19.3 Å². The molecule has 1 saturated carbocycles. The zero-order valence-corrected chi connectivity index (χ0v) is 9.84. The van der Waals surface area contributed by atoms with E-state index in [0.717, 1.165) is 5.69 Å². The van der Waals surface area contributed by atoms with Crippen LogP contribution in [0, 0.1) is 0 Å². The molecule has 0 radical (unpaired) electrons. The van der Waals surface area contributed by atoms with E-state index in [9.17, 15) is 0 Å². The number of hydrogen-bond donors (Lipinski definition) is 2. The van der Waals surface area contributed by atoms with Crippen LogP contribution in [0.25, 0.3) is 0 Å². The molecule has 0 aliphatic heterocycles. The quantitative estimate of drug-likeness (QED) is 0.439. The number of rotatable bonds is 5. The first-order valence-electron chi connectivity index (χ1n) is 5.84. The van der Waals surface area contributed by atoms with Gasteiger partial charge in [0.1, 0.15) is 5.69 Å². The zero-order valence-electron chi connectivity index (χ0n) is 9.84.